The van der Waals surface area contributed by atoms with E-state index < -0.39 is 17.7 Å². The Morgan fingerprint density at radius 3 is 2.67 bits per heavy atom. The number of likely N-dealkylation sites (tertiary alicyclic amines) is 1. The van der Waals surface area contributed by atoms with Gasteiger partial charge in [-0.3, -0.25) is 4.79 Å². The maximum absolute atomic E-state index is 14.0. The van der Waals surface area contributed by atoms with Crippen LogP contribution >= 0.6 is 0 Å². The Labute approximate surface area is 189 Å². The highest BCUT2D eigenvalue weighted by Gasteiger charge is 2.40. The van der Waals surface area contributed by atoms with Gasteiger partial charge in [0.1, 0.15) is 12.2 Å². The molecule has 0 spiro atoms. The molecule has 0 N–H and O–H groups in total. The molecule has 2 aromatic heterocycles. The monoisotopic (exact) mass is 449 g/mol. The molecule has 0 saturated carbocycles. The van der Waals surface area contributed by atoms with Crippen molar-refractivity contribution in [3.63, 3.8) is 0 Å². The summed E-state index contributed by atoms with van der Waals surface area (Å²) in [5.74, 6) is -2.24. The molecule has 0 aliphatic carbocycles. The van der Waals surface area contributed by atoms with Gasteiger partial charge in [-0.1, -0.05) is 6.07 Å². The molecule has 3 unspecified atom stereocenters. The van der Waals surface area contributed by atoms with Crippen molar-refractivity contribution >= 4 is 5.91 Å². The SMILES string of the molecule is Cc1cc(C(=O)N2CC(c3ccc(F)c(F)c3)C(C(C)Oc3ccc(C#N)cn3)C2)cnn1. The average Bonchev–Trinajstić information content (AvgIpc) is 3.26. The van der Waals surface area contributed by atoms with Crippen molar-refractivity contribution in [1.82, 2.24) is 20.1 Å². The molecule has 1 aliphatic heterocycles. The van der Waals surface area contributed by atoms with Crippen molar-refractivity contribution in [2.45, 2.75) is 25.9 Å². The molecule has 7 nitrogen and oxygen atoms in total. The Morgan fingerprint density at radius 2 is 2.00 bits per heavy atom. The van der Waals surface area contributed by atoms with Crippen molar-refractivity contribution < 1.29 is 18.3 Å². The van der Waals surface area contributed by atoms with Gasteiger partial charge in [-0.2, -0.15) is 15.5 Å². The van der Waals surface area contributed by atoms with Crippen LogP contribution in [-0.4, -0.2) is 45.2 Å². The summed E-state index contributed by atoms with van der Waals surface area (Å²) < 4.78 is 33.6. The van der Waals surface area contributed by atoms with Gasteiger partial charge in [-0.25, -0.2) is 13.8 Å². The number of aromatic nitrogens is 3. The van der Waals surface area contributed by atoms with E-state index in [1.165, 1.54) is 24.5 Å². The second kappa shape index (κ2) is 9.28. The summed E-state index contributed by atoms with van der Waals surface area (Å²) in [5.41, 5.74) is 2.03. The lowest BCUT2D eigenvalue weighted by Crippen LogP contribution is -2.32. The highest BCUT2D eigenvalue weighted by Crippen LogP contribution is 2.37. The molecule has 33 heavy (non-hydrogen) atoms. The summed E-state index contributed by atoms with van der Waals surface area (Å²) >= 11 is 0. The van der Waals surface area contributed by atoms with Crippen LogP contribution in [0.1, 0.15) is 40.0 Å². The number of amides is 1. The molecular formula is C24H21F2N5O2. The highest BCUT2D eigenvalue weighted by molar-refractivity contribution is 5.94. The fourth-order valence-corrected chi connectivity index (χ4v) is 4.13. The summed E-state index contributed by atoms with van der Waals surface area (Å²) in [6.45, 7) is 4.26. The number of rotatable bonds is 5. The summed E-state index contributed by atoms with van der Waals surface area (Å²) in [4.78, 5) is 18.9. The van der Waals surface area contributed by atoms with Gasteiger partial charge in [0.25, 0.3) is 5.91 Å². The molecule has 1 saturated heterocycles. The molecule has 1 fully saturated rings. The van der Waals surface area contributed by atoms with Crippen LogP contribution in [0.4, 0.5) is 8.78 Å². The molecule has 1 amide bonds. The van der Waals surface area contributed by atoms with Crippen LogP contribution in [0.3, 0.4) is 0 Å². The molecule has 3 aromatic rings. The van der Waals surface area contributed by atoms with E-state index in [9.17, 15) is 13.6 Å². The predicted molar refractivity (Wildman–Crippen MR) is 114 cm³/mol. The predicted octanol–water partition coefficient (Wildman–Crippen LogP) is 3.65. The van der Waals surface area contributed by atoms with E-state index >= 15 is 0 Å². The highest BCUT2D eigenvalue weighted by atomic mass is 19.2. The first-order chi connectivity index (χ1) is 15.9. The molecule has 168 valence electrons. The first kappa shape index (κ1) is 22.3. The molecular weight excluding hydrogens is 428 g/mol. The maximum Gasteiger partial charge on any atom is 0.255 e. The number of nitriles is 1. The van der Waals surface area contributed by atoms with Gasteiger partial charge in [0.2, 0.25) is 5.88 Å². The largest absolute Gasteiger partial charge is 0.474 e. The minimum atomic E-state index is -0.938. The van der Waals surface area contributed by atoms with Crippen LogP contribution in [0.5, 0.6) is 5.88 Å². The van der Waals surface area contributed by atoms with E-state index in [0.29, 0.717) is 41.4 Å². The molecule has 9 heteroatoms. The smallest absolute Gasteiger partial charge is 0.255 e. The lowest BCUT2D eigenvalue weighted by atomic mass is 9.85. The van der Waals surface area contributed by atoms with Crippen LogP contribution in [0.25, 0.3) is 0 Å². The van der Waals surface area contributed by atoms with Gasteiger partial charge in [0, 0.05) is 37.2 Å². The van der Waals surface area contributed by atoms with E-state index in [-0.39, 0.29) is 17.7 Å². The first-order valence-corrected chi connectivity index (χ1v) is 10.4. The summed E-state index contributed by atoms with van der Waals surface area (Å²) in [6.07, 6.45) is 2.42. The van der Waals surface area contributed by atoms with E-state index in [1.807, 2.05) is 13.0 Å². The third-order valence-electron chi connectivity index (χ3n) is 5.82. The maximum atomic E-state index is 14.0. The standard InChI is InChI=1S/C24H21F2N5O2/c1-14-7-18(11-29-30-14)24(32)31-12-19(15(2)33-23-6-3-16(9-27)10-28-23)20(13-31)17-4-5-21(25)22(26)8-17/h3-8,10-11,15,19-20H,12-13H2,1-2H3. The number of halogens is 2. The van der Waals surface area contributed by atoms with Crippen LogP contribution in [-0.2, 0) is 0 Å². The van der Waals surface area contributed by atoms with E-state index in [1.54, 1.807) is 30.0 Å². The zero-order chi connectivity index (χ0) is 23.5. The van der Waals surface area contributed by atoms with Crippen LogP contribution in [0.2, 0.25) is 0 Å². The number of nitrogens with zero attached hydrogens (tertiary/aromatic N) is 5. The zero-order valence-corrected chi connectivity index (χ0v) is 18.1. The molecule has 3 atom stereocenters. The van der Waals surface area contributed by atoms with Gasteiger partial charge in [0.05, 0.1) is 23.0 Å². The number of aryl methyl sites for hydroxylation is 1. The molecule has 1 aliphatic rings. The number of hydrogen-bond donors (Lipinski definition) is 0. The van der Waals surface area contributed by atoms with Crippen molar-refractivity contribution in [2.75, 3.05) is 13.1 Å². The third kappa shape index (κ3) is 4.80. The molecule has 4 rings (SSSR count). The van der Waals surface area contributed by atoms with Gasteiger partial charge < -0.3 is 9.64 Å². The molecule has 3 heterocycles. The van der Waals surface area contributed by atoms with Gasteiger partial charge in [-0.15, -0.1) is 0 Å². The van der Waals surface area contributed by atoms with Gasteiger partial charge >= 0.3 is 0 Å². The topological polar surface area (TPSA) is 92.0 Å². The van der Waals surface area contributed by atoms with Crippen molar-refractivity contribution in [2.24, 2.45) is 5.92 Å². The lowest BCUT2D eigenvalue weighted by Gasteiger charge is -2.25. The van der Waals surface area contributed by atoms with Crippen LogP contribution < -0.4 is 4.74 Å². The first-order valence-electron chi connectivity index (χ1n) is 10.4. The fourth-order valence-electron chi connectivity index (χ4n) is 4.13. The number of benzene rings is 1. The Morgan fingerprint density at radius 1 is 1.18 bits per heavy atom. The Bertz CT molecular complexity index is 1210. The number of carbonyl (C=O) groups excluding carboxylic acids is 1. The second-order valence-corrected chi connectivity index (χ2v) is 8.06. The third-order valence-corrected chi connectivity index (χ3v) is 5.82. The number of ether oxygens (including phenoxy) is 1. The summed E-state index contributed by atoms with van der Waals surface area (Å²) in [5, 5.41) is 16.7. The van der Waals surface area contributed by atoms with Crippen molar-refractivity contribution in [3.8, 4) is 11.9 Å². The van der Waals surface area contributed by atoms with E-state index in [2.05, 4.69) is 15.2 Å². The molecule has 0 radical (unpaired) electrons. The van der Waals surface area contributed by atoms with Crippen LogP contribution in [0, 0.1) is 35.8 Å². The second-order valence-electron chi connectivity index (χ2n) is 8.06. The quantitative estimate of drug-likeness (QED) is 0.590. The molecule has 1 aromatic carbocycles. The van der Waals surface area contributed by atoms with E-state index in [0.717, 1.165) is 6.07 Å². The number of carbonyl (C=O) groups is 1. The fraction of sp³-hybridized carbons (Fsp3) is 0.292. The number of hydrogen-bond acceptors (Lipinski definition) is 6. The Kier molecular flexibility index (Phi) is 6.27. The minimum absolute atomic E-state index is 0.216. The normalized spacial score (nSPS) is 18.6. The minimum Gasteiger partial charge on any atom is -0.474 e. The van der Waals surface area contributed by atoms with Crippen molar-refractivity contribution in [1.29, 1.82) is 5.26 Å². The lowest BCUT2D eigenvalue weighted by molar-refractivity contribution is 0.0769. The van der Waals surface area contributed by atoms with Crippen LogP contribution in [0.15, 0.2) is 48.8 Å². The van der Waals surface area contributed by atoms with Gasteiger partial charge in [0.15, 0.2) is 11.6 Å². The van der Waals surface area contributed by atoms with Gasteiger partial charge in [-0.05, 0) is 43.7 Å². The average molecular weight is 449 g/mol. The Hall–Kier alpha value is -3.93. The molecule has 0 bridgehead atoms. The summed E-state index contributed by atoms with van der Waals surface area (Å²) in [7, 11) is 0. The zero-order valence-electron chi connectivity index (χ0n) is 18.1. The Balaban J connectivity index is 1.61. The van der Waals surface area contributed by atoms with Crippen molar-refractivity contribution in [3.05, 3.63) is 82.8 Å². The van der Waals surface area contributed by atoms with E-state index in [4.69, 9.17) is 10.00 Å². The summed E-state index contributed by atoms with van der Waals surface area (Å²) in [6, 6.07) is 10.7. The number of pyridine rings is 1.